The van der Waals surface area contributed by atoms with Gasteiger partial charge in [0.25, 0.3) is 11.6 Å². The molecule has 1 aromatic carbocycles. The smallest absolute Gasteiger partial charge is 0.326 e. The molecule has 132 valence electrons. The number of thiocarbonyl (C=S) groups is 1. The highest BCUT2D eigenvalue weighted by molar-refractivity contribution is 8.26. The number of ether oxygens (including phenoxy) is 1. The molecule has 0 radical (unpaired) electrons. The standard InChI is InChI=1S/C16H16N2O5S2/c1-10(2)9-23-14(19)8-17-15(20)13(25-16(17)24)7-11-5-3-4-6-12(11)18(21)22/h3-7,10H,8-9H2,1-2H3/b13-7-. The highest BCUT2D eigenvalue weighted by Crippen LogP contribution is 2.34. The summed E-state index contributed by atoms with van der Waals surface area (Å²) in [5.41, 5.74) is 0.194. The second-order valence-electron chi connectivity index (χ2n) is 5.66. The van der Waals surface area contributed by atoms with Gasteiger partial charge in [0.2, 0.25) is 0 Å². The summed E-state index contributed by atoms with van der Waals surface area (Å²) in [6.07, 6.45) is 1.41. The number of carbonyl (C=O) groups excluding carboxylic acids is 2. The number of amides is 1. The first-order chi connectivity index (χ1) is 11.8. The molecule has 0 aromatic heterocycles. The Labute approximate surface area is 154 Å². The fraction of sp³-hybridized carbons (Fsp3) is 0.312. The van der Waals surface area contributed by atoms with Crippen molar-refractivity contribution in [2.45, 2.75) is 13.8 Å². The number of para-hydroxylation sites is 1. The third-order valence-electron chi connectivity index (χ3n) is 3.16. The predicted molar refractivity (Wildman–Crippen MR) is 98.8 cm³/mol. The molecule has 1 heterocycles. The molecule has 1 fully saturated rings. The second-order valence-corrected chi connectivity index (χ2v) is 7.34. The van der Waals surface area contributed by atoms with Crippen LogP contribution >= 0.6 is 24.0 Å². The maximum atomic E-state index is 12.4. The van der Waals surface area contributed by atoms with Crippen LogP contribution in [0.25, 0.3) is 6.08 Å². The fourth-order valence-corrected chi connectivity index (χ4v) is 3.23. The Kier molecular flexibility index (Phi) is 6.27. The largest absolute Gasteiger partial charge is 0.464 e. The van der Waals surface area contributed by atoms with Crippen LogP contribution in [0.3, 0.4) is 0 Å². The molecule has 0 N–H and O–H groups in total. The van der Waals surface area contributed by atoms with Gasteiger partial charge in [-0.15, -0.1) is 0 Å². The summed E-state index contributed by atoms with van der Waals surface area (Å²) in [4.78, 5) is 36.2. The van der Waals surface area contributed by atoms with E-state index < -0.39 is 16.8 Å². The molecule has 1 saturated heterocycles. The van der Waals surface area contributed by atoms with E-state index in [0.29, 0.717) is 5.56 Å². The quantitative estimate of drug-likeness (QED) is 0.246. The Morgan fingerprint density at radius 1 is 1.44 bits per heavy atom. The molecule has 0 saturated carbocycles. The Balaban J connectivity index is 2.16. The molecule has 1 aliphatic heterocycles. The minimum absolute atomic E-state index is 0.107. The van der Waals surface area contributed by atoms with Gasteiger partial charge in [-0.1, -0.05) is 50.0 Å². The van der Waals surface area contributed by atoms with Crippen molar-refractivity contribution in [3.05, 3.63) is 44.8 Å². The highest BCUT2D eigenvalue weighted by atomic mass is 32.2. The molecule has 1 aromatic rings. The van der Waals surface area contributed by atoms with E-state index in [1.807, 2.05) is 13.8 Å². The molecule has 0 aliphatic carbocycles. The summed E-state index contributed by atoms with van der Waals surface area (Å²) < 4.78 is 5.27. The van der Waals surface area contributed by atoms with Crippen LogP contribution in [0.5, 0.6) is 0 Å². The van der Waals surface area contributed by atoms with Crippen LogP contribution in [0.15, 0.2) is 29.2 Å². The number of thioether (sulfide) groups is 1. The molecule has 1 amide bonds. The van der Waals surface area contributed by atoms with Crippen molar-refractivity contribution >= 4 is 51.9 Å². The van der Waals surface area contributed by atoms with Gasteiger partial charge in [-0.05, 0) is 18.1 Å². The number of benzene rings is 1. The fourth-order valence-electron chi connectivity index (χ4n) is 1.99. The minimum atomic E-state index is -0.544. The average Bonchev–Trinajstić information content (AvgIpc) is 2.81. The number of hydrogen-bond donors (Lipinski definition) is 0. The zero-order chi connectivity index (χ0) is 18.6. The normalized spacial score (nSPS) is 16.0. The van der Waals surface area contributed by atoms with E-state index in [0.717, 1.165) is 16.7 Å². The molecule has 7 nitrogen and oxygen atoms in total. The number of carbonyl (C=O) groups is 2. The van der Waals surface area contributed by atoms with E-state index in [1.165, 1.54) is 12.1 Å². The lowest BCUT2D eigenvalue weighted by atomic mass is 10.1. The third-order valence-corrected chi connectivity index (χ3v) is 4.54. The van der Waals surface area contributed by atoms with Gasteiger partial charge in [-0.25, -0.2) is 0 Å². The number of nitro groups is 1. The Hall–Kier alpha value is -2.26. The number of nitro benzene ring substituents is 1. The molecule has 0 unspecified atom stereocenters. The molecule has 0 atom stereocenters. The van der Waals surface area contributed by atoms with Crippen molar-refractivity contribution < 1.29 is 19.2 Å². The van der Waals surface area contributed by atoms with Crippen molar-refractivity contribution in [1.29, 1.82) is 0 Å². The maximum absolute atomic E-state index is 12.4. The molecule has 0 spiro atoms. The summed E-state index contributed by atoms with van der Waals surface area (Å²) >= 11 is 6.14. The molecular formula is C16H16N2O5S2. The number of hydrogen-bond acceptors (Lipinski definition) is 7. The molecule has 9 heteroatoms. The number of nitrogens with zero attached hydrogens (tertiary/aromatic N) is 2. The van der Waals surface area contributed by atoms with E-state index in [-0.39, 0.29) is 34.0 Å². The second kappa shape index (κ2) is 8.21. The van der Waals surface area contributed by atoms with Gasteiger partial charge in [0.1, 0.15) is 10.9 Å². The third kappa shape index (κ3) is 4.86. The summed E-state index contributed by atoms with van der Waals surface area (Å²) in [5, 5.41) is 11.1. The van der Waals surface area contributed by atoms with E-state index in [4.69, 9.17) is 17.0 Å². The van der Waals surface area contributed by atoms with E-state index in [2.05, 4.69) is 0 Å². The Morgan fingerprint density at radius 3 is 2.76 bits per heavy atom. The zero-order valence-electron chi connectivity index (χ0n) is 13.6. The van der Waals surface area contributed by atoms with Gasteiger partial charge in [-0.3, -0.25) is 24.6 Å². The summed E-state index contributed by atoms with van der Waals surface area (Å²) in [6.45, 7) is 3.80. The van der Waals surface area contributed by atoms with E-state index in [9.17, 15) is 19.7 Å². The number of rotatable bonds is 6. The lowest BCUT2D eigenvalue weighted by Gasteiger charge is -2.14. The highest BCUT2D eigenvalue weighted by Gasteiger charge is 2.34. The topological polar surface area (TPSA) is 89.8 Å². The van der Waals surface area contributed by atoms with Crippen LogP contribution < -0.4 is 0 Å². The molecule has 2 rings (SSSR count). The minimum Gasteiger partial charge on any atom is -0.464 e. The van der Waals surface area contributed by atoms with Gasteiger partial charge in [0.15, 0.2) is 0 Å². The first-order valence-corrected chi connectivity index (χ1v) is 8.66. The summed E-state index contributed by atoms with van der Waals surface area (Å²) in [7, 11) is 0. The summed E-state index contributed by atoms with van der Waals surface area (Å²) in [6, 6.07) is 6.09. The van der Waals surface area contributed by atoms with Crippen LogP contribution in [-0.4, -0.2) is 39.2 Å². The van der Waals surface area contributed by atoms with Crippen LogP contribution in [0.2, 0.25) is 0 Å². The van der Waals surface area contributed by atoms with Crippen molar-refractivity contribution in [2.75, 3.05) is 13.2 Å². The Morgan fingerprint density at radius 2 is 2.12 bits per heavy atom. The van der Waals surface area contributed by atoms with Crippen molar-refractivity contribution in [3.63, 3.8) is 0 Å². The predicted octanol–water partition coefficient (Wildman–Crippen LogP) is 3.00. The lowest BCUT2D eigenvalue weighted by Crippen LogP contribution is -2.34. The monoisotopic (exact) mass is 380 g/mol. The van der Waals surface area contributed by atoms with Gasteiger partial charge >= 0.3 is 5.97 Å². The van der Waals surface area contributed by atoms with Crippen LogP contribution in [0.4, 0.5) is 5.69 Å². The van der Waals surface area contributed by atoms with Crippen molar-refractivity contribution in [1.82, 2.24) is 4.90 Å². The average molecular weight is 380 g/mol. The van der Waals surface area contributed by atoms with Crippen molar-refractivity contribution in [3.8, 4) is 0 Å². The Bertz CT molecular complexity index is 761. The van der Waals surface area contributed by atoms with Gasteiger partial charge in [-0.2, -0.15) is 0 Å². The van der Waals surface area contributed by atoms with Crippen LogP contribution in [0.1, 0.15) is 19.4 Å². The molecule has 25 heavy (non-hydrogen) atoms. The lowest BCUT2D eigenvalue weighted by molar-refractivity contribution is -0.385. The van der Waals surface area contributed by atoms with Crippen LogP contribution in [0, 0.1) is 16.0 Å². The van der Waals surface area contributed by atoms with Crippen LogP contribution in [-0.2, 0) is 14.3 Å². The van der Waals surface area contributed by atoms with Gasteiger partial charge in [0.05, 0.1) is 22.0 Å². The van der Waals surface area contributed by atoms with Gasteiger partial charge < -0.3 is 4.74 Å². The van der Waals surface area contributed by atoms with Gasteiger partial charge in [0, 0.05) is 6.07 Å². The first-order valence-electron chi connectivity index (χ1n) is 7.44. The summed E-state index contributed by atoms with van der Waals surface area (Å²) in [5.74, 6) is -0.819. The van der Waals surface area contributed by atoms with Crippen molar-refractivity contribution in [2.24, 2.45) is 5.92 Å². The molecule has 0 bridgehead atoms. The molecular weight excluding hydrogens is 364 g/mol. The first kappa shape index (κ1) is 19.1. The van der Waals surface area contributed by atoms with E-state index in [1.54, 1.807) is 18.2 Å². The number of esters is 1. The molecule has 1 aliphatic rings. The maximum Gasteiger partial charge on any atom is 0.326 e. The SMILES string of the molecule is CC(C)COC(=O)CN1C(=O)/C(=C/c2ccccc2[N+](=O)[O-])SC1=S. The zero-order valence-corrected chi connectivity index (χ0v) is 15.3. The van der Waals surface area contributed by atoms with E-state index >= 15 is 0 Å².